The molecule has 1 amide bonds. The Labute approximate surface area is 275 Å². The number of alkyl halides is 3. The summed E-state index contributed by atoms with van der Waals surface area (Å²) in [5.41, 5.74) is -0.0829. The number of Topliss-reactive ketones (excluding diaryl/α,β-unsaturated/α-hetero) is 1. The standard InChI is InChI=1S/C34H48F3N7O3/c1-42-12-10-26(11-13-42)39-32(46)25-8-9-29(31(20-25)47-3)40-33-38-21-28(34(35,36)37)30(41-33)19-24-7-5-4-6-23(24)18-27(45)22-44-16-14-43(2)15-17-44/h8-9,20-21,23-24,26H,4-7,10-19,22H2,1-3H3,(H,39,46)(H,38,40,41)/t23-,24-/m0/s1. The number of rotatable bonds is 11. The van der Waals surface area contributed by atoms with E-state index in [0.29, 0.717) is 30.0 Å². The number of halogens is 3. The Kier molecular flexibility index (Phi) is 11.7. The third kappa shape index (κ3) is 9.64. The summed E-state index contributed by atoms with van der Waals surface area (Å²) in [5, 5.41) is 6.09. The van der Waals surface area contributed by atoms with Crippen molar-refractivity contribution in [2.24, 2.45) is 11.8 Å². The minimum atomic E-state index is -4.62. The molecule has 1 aliphatic carbocycles. The van der Waals surface area contributed by atoms with Crippen molar-refractivity contribution in [3.05, 3.63) is 41.2 Å². The maximum atomic E-state index is 14.2. The number of benzene rings is 1. The third-order valence-corrected chi connectivity index (χ3v) is 9.94. The number of carbonyl (C=O) groups is 2. The Hall–Kier alpha value is -3.29. The molecule has 2 N–H and O–H groups in total. The van der Waals surface area contributed by atoms with Crippen molar-refractivity contribution in [3.8, 4) is 5.75 Å². The highest BCUT2D eigenvalue weighted by molar-refractivity contribution is 5.95. The van der Waals surface area contributed by atoms with Gasteiger partial charge >= 0.3 is 6.18 Å². The van der Waals surface area contributed by atoms with Gasteiger partial charge in [-0.05, 0) is 89.3 Å². The van der Waals surface area contributed by atoms with Crippen molar-refractivity contribution in [1.82, 2.24) is 30.0 Å². The molecule has 5 rings (SSSR count). The largest absolute Gasteiger partial charge is 0.495 e. The number of likely N-dealkylation sites (tertiary alicyclic amines) is 1. The SMILES string of the molecule is COc1cc(C(=O)NC2CCN(C)CC2)ccc1Nc1ncc(C(F)(F)F)c(C[C@@H]2CCCC[C@H]2CC(=O)CN2CCN(C)CC2)n1. The van der Waals surface area contributed by atoms with Crippen LogP contribution in [0.5, 0.6) is 5.75 Å². The van der Waals surface area contributed by atoms with Crippen LogP contribution >= 0.6 is 0 Å². The first kappa shape index (κ1) is 35.0. The minimum absolute atomic E-state index is 0.00771. The number of piperazine rings is 1. The van der Waals surface area contributed by atoms with Gasteiger partial charge in [0.25, 0.3) is 5.91 Å². The molecule has 47 heavy (non-hydrogen) atoms. The fourth-order valence-corrected chi connectivity index (χ4v) is 7.03. The normalized spacial score (nSPS) is 22.2. The number of ether oxygens (including phenoxy) is 1. The maximum Gasteiger partial charge on any atom is 0.419 e. The molecule has 3 heterocycles. The van der Waals surface area contributed by atoms with E-state index in [1.807, 2.05) is 0 Å². The zero-order valence-electron chi connectivity index (χ0n) is 27.7. The summed E-state index contributed by atoms with van der Waals surface area (Å²) in [5.74, 6) is 0.237. The molecule has 0 radical (unpaired) electrons. The number of methoxy groups -OCH3 is 1. The lowest BCUT2D eigenvalue weighted by Gasteiger charge is -2.34. The number of aromatic nitrogens is 2. The van der Waals surface area contributed by atoms with Gasteiger partial charge < -0.3 is 25.2 Å². The highest BCUT2D eigenvalue weighted by Gasteiger charge is 2.37. The molecule has 3 aliphatic rings. The zero-order valence-corrected chi connectivity index (χ0v) is 27.7. The van der Waals surface area contributed by atoms with Gasteiger partial charge in [-0.15, -0.1) is 0 Å². The van der Waals surface area contributed by atoms with Crippen molar-refractivity contribution in [2.75, 3.05) is 72.3 Å². The van der Waals surface area contributed by atoms with Crippen LogP contribution in [-0.2, 0) is 17.4 Å². The number of hydrogen-bond donors (Lipinski definition) is 2. The average Bonchev–Trinajstić information content (AvgIpc) is 3.04. The van der Waals surface area contributed by atoms with Gasteiger partial charge in [-0.2, -0.15) is 13.2 Å². The summed E-state index contributed by atoms with van der Waals surface area (Å²) in [6, 6.07) is 4.99. The molecule has 1 aromatic carbocycles. The van der Waals surface area contributed by atoms with Crippen molar-refractivity contribution in [3.63, 3.8) is 0 Å². The topological polar surface area (TPSA) is 103 Å². The lowest BCUT2D eigenvalue weighted by Crippen LogP contribution is -2.46. The molecule has 1 saturated carbocycles. The Balaban J connectivity index is 1.28. The van der Waals surface area contributed by atoms with Gasteiger partial charge in [0.15, 0.2) is 0 Å². The predicted molar refractivity (Wildman–Crippen MR) is 174 cm³/mol. The maximum absolute atomic E-state index is 14.2. The van der Waals surface area contributed by atoms with Gasteiger partial charge in [0.05, 0.1) is 30.6 Å². The van der Waals surface area contributed by atoms with Crippen LogP contribution in [0.3, 0.4) is 0 Å². The molecule has 2 atom stereocenters. The van der Waals surface area contributed by atoms with E-state index in [0.717, 1.165) is 84.0 Å². The highest BCUT2D eigenvalue weighted by Crippen LogP contribution is 2.39. The molecule has 0 spiro atoms. The third-order valence-electron chi connectivity index (χ3n) is 9.94. The molecule has 2 aromatic rings. The molecular weight excluding hydrogens is 611 g/mol. The summed E-state index contributed by atoms with van der Waals surface area (Å²) in [6.07, 6.45) is 1.93. The Morgan fingerprint density at radius 3 is 2.32 bits per heavy atom. The molecule has 258 valence electrons. The van der Waals surface area contributed by atoms with Crippen LogP contribution < -0.4 is 15.4 Å². The van der Waals surface area contributed by atoms with Crippen LogP contribution in [0.1, 0.15) is 66.6 Å². The number of nitrogens with zero attached hydrogens (tertiary/aromatic N) is 5. The van der Waals surface area contributed by atoms with E-state index in [2.05, 4.69) is 49.4 Å². The van der Waals surface area contributed by atoms with Crippen LogP contribution in [0.25, 0.3) is 0 Å². The predicted octanol–water partition coefficient (Wildman–Crippen LogP) is 4.63. The van der Waals surface area contributed by atoms with Crippen molar-refractivity contribution in [1.29, 1.82) is 0 Å². The molecule has 3 fully saturated rings. The summed E-state index contributed by atoms with van der Waals surface area (Å²) >= 11 is 0. The number of amides is 1. The summed E-state index contributed by atoms with van der Waals surface area (Å²) in [7, 11) is 5.59. The van der Waals surface area contributed by atoms with E-state index < -0.39 is 11.7 Å². The van der Waals surface area contributed by atoms with E-state index in [-0.39, 0.29) is 47.6 Å². The molecule has 2 aliphatic heterocycles. The quantitative estimate of drug-likeness (QED) is 0.358. The van der Waals surface area contributed by atoms with E-state index in [1.165, 1.54) is 7.11 Å². The number of hydrogen-bond acceptors (Lipinski definition) is 9. The number of piperidine rings is 1. The van der Waals surface area contributed by atoms with Gasteiger partial charge in [0.2, 0.25) is 5.95 Å². The van der Waals surface area contributed by atoms with Crippen LogP contribution in [0.4, 0.5) is 24.8 Å². The van der Waals surface area contributed by atoms with Gasteiger partial charge in [0.1, 0.15) is 11.5 Å². The van der Waals surface area contributed by atoms with Crippen LogP contribution in [-0.4, -0.2) is 109 Å². The van der Waals surface area contributed by atoms with Crippen LogP contribution in [0.2, 0.25) is 0 Å². The first-order chi connectivity index (χ1) is 22.5. The second kappa shape index (κ2) is 15.7. The van der Waals surface area contributed by atoms with Gasteiger partial charge in [0, 0.05) is 50.4 Å². The van der Waals surface area contributed by atoms with E-state index in [9.17, 15) is 22.8 Å². The second-order valence-corrected chi connectivity index (χ2v) is 13.5. The van der Waals surface area contributed by atoms with Crippen LogP contribution in [0.15, 0.2) is 24.4 Å². The number of likely N-dealkylation sites (N-methyl/N-ethyl adjacent to an activating group) is 1. The fraction of sp³-hybridized carbons (Fsp3) is 0.647. The van der Waals surface area contributed by atoms with Gasteiger partial charge in [-0.3, -0.25) is 14.5 Å². The van der Waals surface area contributed by atoms with Crippen LogP contribution in [0, 0.1) is 11.8 Å². The number of ketones is 1. The second-order valence-electron chi connectivity index (χ2n) is 13.5. The Morgan fingerprint density at radius 1 is 0.957 bits per heavy atom. The highest BCUT2D eigenvalue weighted by atomic mass is 19.4. The lowest BCUT2D eigenvalue weighted by atomic mass is 9.74. The first-order valence-corrected chi connectivity index (χ1v) is 16.8. The summed E-state index contributed by atoms with van der Waals surface area (Å²) in [6.45, 7) is 5.78. The molecule has 0 unspecified atom stereocenters. The molecule has 2 saturated heterocycles. The lowest BCUT2D eigenvalue weighted by molar-refractivity contribution is -0.139. The summed E-state index contributed by atoms with van der Waals surface area (Å²) in [4.78, 5) is 41.0. The van der Waals surface area contributed by atoms with Gasteiger partial charge in [-0.25, -0.2) is 9.97 Å². The zero-order chi connectivity index (χ0) is 33.6. The van der Waals surface area contributed by atoms with E-state index in [1.54, 1.807) is 18.2 Å². The molecular formula is C34H48F3N7O3. The number of anilines is 2. The molecule has 0 bridgehead atoms. The summed E-state index contributed by atoms with van der Waals surface area (Å²) < 4.78 is 48.0. The van der Waals surface area contributed by atoms with Crippen molar-refractivity contribution < 1.29 is 27.5 Å². The minimum Gasteiger partial charge on any atom is -0.495 e. The van der Waals surface area contributed by atoms with Crippen molar-refractivity contribution in [2.45, 2.75) is 63.6 Å². The molecule has 13 heteroatoms. The molecule has 10 nitrogen and oxygen atoms in total. The number of nitrogens with one attached hydrogen (secondary N) is 2. The van der Waals surface area contributed by atoms with E-state index in [4.69, 9.17) is 4.74 Å². The first-order valence-electron chi connectivity index (χ1n) is 16.8. The van der Waals surface area contributed by atoms with E-state index >= 15 is 0 Å². The number of carbonyl (C=O) groups excluding carboxylic acids is 2. The molecule has 1 aromatic heterocycles. The Morgan fingerprint density at radius 2 is 1.64 bits per heavy atom. The average molecular weight is 660 g/mol. The van der Waals surface area contributed by atoms with Crippen molar-refractivity contribution >= 4 is 23.3 Å². The smallest absolute Gasteiger partial charge is 0.419 e. The van der Waals surface area contributed by atoms with Gasteiger partial charge in [-0.1, -0.05) is 12.8 Å². The Bertz CT molecular complexity index is 1380. The fourth-order valence-electron chi connectivity index (χ4n) is 7.03. The monoisotopic (exact) mass is 659 g/mol.